The van der Waals surface area contributed by atoms with Gasteiger partial charge in [-0.2, -0.15) is 5.26 Å². The lowest BCUT2D eigenvalue weighted by atomic mass is 9.93. The van der Waals surface area contributed by atoms with Crippen molar-refractivity contribution in [1.82, 2.24) is 29.3 Å². The van der Waals surface area contributed by atoms with Crippen molar-refractivity contribution in [3.8, 4) is 28.7 Å². The third-order valence-corrected chi connectivity index (χ3v) is 11.5. The lowest BCUT2D eigenvalue weighted by Gasteiger charge is -2.32. The van der Waals surface area contributed by atoms with E-state index in [0.29, 0.717) is 38.3 Å². The average molecular weight is 795 g/mol. The highest BCUT2D eigenvalue weighted by atomic mass is 16.6. The van der Waals surface area contributed by atoms with Crippen molar-refractivity contribution in [2.45, 2.75) is 78.7 Å². The third kappa shape index (κ3) is 8.48. The van der Waals surface area contributed by atoms with E-state index in [1.807, 2.05) is 64.2 Å². The molecule has 2 aliphatic rings. The van der Waals surface area contributed by atoms with E-state index in [-0.39, 0.29) is 46.1 Å². The first-order valence-electron chi connectivity index (χ1n) is 20.4. The number of nitriles is 1. The van der Waals surface area contributed by atoms with Gasteiger partial charge in [0.25, 0.3) is 5.56 Å². The van der Waals surface area contributed by atoms with Crippen LogP contribution in [0, 0.1) is 31.1 Å². The molecule has 13 heteroatoms. The average Bonchev–Trinajstić information content (AvgIpc) is 3.85. The van der Waals surface area contributed by atoms with Crippen molar-refractivity contribution in [3.63, 3.8) is 0 Å². The Labute approximate surface area is 343 Å². The molecule has 8 rings (SSSR count). The van der Waals surface area contributed by atoms with Gasteiger partial charge in [0.05, 0.1) is 12.0 Å². The maximum atomic E-state index is 13.8. The number of aliphatic hydroxyl groups excluding tert-OH is 1. The van der Waals surface area contributed by atoms with Gasteiger partial charge in [-0.15, -0.1) is 0 Å². The van der Waals surface area contributed by atoms with E-state index in [9.17, 15) is 20.0 Å². The molecule has 304 valence electrons. The van der Waals surface area contributed by atoms with Crippen LogP contribution in [-0.4, -0.2) is 84.8 Å². The van der Waals surface area contributed by atoms with Gasteiger partial charge in [0.15, 0.2) is 16.9 Å². The van der Waals surface area contributed by atoms with Gasteiger partial charge in [-0.3, -0.25) is 19.5 Å². The van der Waals surface area contributed by atoms with E-state index in [1.165, 1.54) is 4.57 Å². The molecule has 2 N–H and O–H groups in total. The summed E-state index contributed by atoms with van der Waals surface area (Å²) in [5, 5.41) is 24.6. The van der Waals surface area contributed by atoms with E-state index in [4.69, 9.17) is 19.1 Å². The van der Waals surface area contributed by atoms with Crippen molar-refractivity contribution >= 4 is 39.5 Å². The molecule has 2 saturated heterocycles. The number of piperidine rings is 1. The molecule has 0 saturated carbocycles. The van der Waals surface area contributed by atoms with E-state index >= 15 is 0 Å². The van der Waals surface area contributed by atoms with E-state index in [2.05, 4.69) is 51.3 Å². The van der Waals surface area contributed by atoms with Crippen molar-refractivity contribution < 1.29 is 19.1 Å². The van der Waals surface area contributed by atoms with Crippen LogP contribution in [0.25, 0.3) is 44.6 Å². The number of aromatic nitrogens is 4. The number of hydrogen-bond donors (Lipinski definition) is 2. The second kappa shape index (κ2) is 16.4. The summed E-state index contributed by atoms with van der Waals surface area (Å²) in [4.78, 5) is 45.0. The van der Waals surface area contributed by atoms with Gasteiger partial charge in [0.1, 0.15) is 22.8 Å². The van der Waals surface area contributed by atoms with Crippen molar-refractivity contribution in [2.75, 3.05) is 38.0 Å². The maximum Gasteiger partial charge on any atom is 0.309 e. The Bertz CT molecular complexity index is 2650. The summed E-state index contributed by atoms with van der Waals surface area (Å²) in [6.45, 7) is 14.4. The third-order valence-electron chi connectivity index (χ3n) is 11.5. The first kappa shape index (κ1) is 39.9. The Balaban J connectivity index is 1.01. The second-order valence-corrected chi connectivity index (χ2v) is 16.8. The summed E-state index contributed by atoms with van der Waals surface area (Å²) in [7, 11) is 0. The van der Waals surface area contributed by atoms with Crippen molar-refractivity contribution in [3.05, 3.63) is 99.7 Å². The number of hydrogen-bond acceptors (Lipinski definition) is 12. The summed E-state index contributed by atoms with van der Waals surface area (Å²) in [5.74, 6) is 0.647. The number of benzene rings is 2. The number of pyridine rings is 3. The Morgan fingerprint density at radius 3 is 2.42 bits per heavy atom. The number of nitrogens with zero attached hydrogens (tertiary/aromatic N) is 7. The monoisotopic (exact) mass is 794 g/mol. The summed E-state index contributed by atoms with van der Waals surface area (Å²) < 4.78 is 13.4. The van der Waals surface area contributed by atoms with E-state index in [1.54, 1.807) is 12.4 Å². The summed E-state index contributed by atoms with van der Waals surface area (Å²) in [5.41, 5.74) is 7.07. The van der Waals surface area contributed by atoms with Crippen LogP contribution in [0.4, 0.5) is 11.5 Å². The van der Waals surface area contributed by atoms with Crippen LogP contribution in [0.3, 0.4) is 0 Å². The van der Waals surface area contributed by atoms with Gasteiger partial charge in [0.2, 0.25) is 5.89 Å². The zero-order valence-electron chi connectivity index (χ0n) is 34.3. The van der Waals surface area contributed by atoms with Crippen LogP contribution >= 0.6 is 0 Å². The quantitative estimate of drug-likeness (QED) is 0.135. The molecule has 1 atom stereocenters. The minimum absolute atomic E-state index is 0.119. The fourth-order valence-corrected chi connectivity index (χ4v) is 8.29. The predicted octanol–water partition coefficient (Wildman–Crippen LogP) is 7.12. The number of likely N-dealkylation sites (tertiary alicyclic amines) is 2. The molecule has 0 spiro atoms. The molecule has 2 aromatic carbocycles. The number of oxazole rings is 1. The van der Waals surface area contributed by atoms with E-state index in [0.717, 1.165) is 82.6 Å². The molecule has 2 aliphatic heterocycles. The number of rotatable bonds is 10. The largest absolute Gasteiger partial charge is 0.460 e. The minimum Gasteiger partial charge on any atom is -0.460 e. The number of ether oxygens (including phenoxy) is 1. The predicted molar refractivity (Wildman–Crippen MR) is 227 cm³/mol. The Kier molecular flexibility index (Phi) is 11.1. The number of carbonyl (C=O) groups is 1. The van der Waals surface area contributed by atoms with Crippen LogP contribution in [0.5, 0.6) is 0 Å². The SMILES string of the molecule is Cc1c(Nc2nccc3cc(CN4CC[C@@H](O)C4)cnc23)cccc1-c1cccc(-c2nc3c(=O)n(CCN4CCC(C(=O)OC(C)(C)C)CC4)cc(C#N)c3o2)c1C. The molecule has 2 fully saturated rings. The number of esters is 1. The fourth-order valence-electron chi connectivity index (χ4n) is 8.29. The topological polar surface area (TPSA) is 163 Å². The van der Waals surface area contributed by atoms with Crippen LogP contribution < -0.4 is 10.9 Å². The van der Waals surface area contributed by atoms with Gasteiger partial charge < -0.3 is 29.0 Å². The molecule has 13 nitrogen and oxygen atoms in total. The van der Waals surface area contributed by atoms with Gasteiger partial charge in [-0.25, -0.2) is 9.97 Å². The zero-order chi connectivity index (χ0) is 41.4. The molecule has 0 unspecified atom stereocenters. The Hall–Kier alpha value is -5.94. The van der Waals surface area contributed by atoms with Crippen molar-refractivity contribution in [2.24, 2.45) is 5.92 Å². The molecule has 0 aliphatic carbocycles. The highest BCUT2D eigenvalue weighted by Crippen LogP contribution is 2.37. The minimum atomic E-state index is -0.514. The standard InChI is InChI=1S/C46H50N8O5/c1-28-35(36-9-7-11-38(29(36)2)50-42-39-32(12-16-48-42)22-30(24-49-39)25-53-19-15-34(55)27-53)8-6-10-37(28)43-51-40-41(58-43)33(23-47)26-54(44(40)56)21-20-52-17-13-31(14-18-52)45(57)59-46(3,4)5/h6-12,16,22,24,26,31,34,55H,13-15,17-21,25,27H2,1-5H3,(H,48,50)/t34-/m1/s1. The van der Waals surface area contributed by atoms with E-state index < -0.39 is 5.60 Å². The number of fused-ring (bicyclic) bond motifs is 2. The van der Waals surface area contributed by atoms with Crippen molar-refractivity contribution in [1.29, 1.82) is 5.26 Å². The molecule has 0 radical (unpaired) electrons. The Morgan fingerprint density at radius 2 is 1.69 bits per heavy atom. The second-order valence-electron chi connectivity index (χ2n) is 16.8. The molecular formula is C46H50N8O5. The normalized spacial score (nSPS) is 16.8. The number of carbonyl (C=O) groups excluding carboxylic acids is 1. The fraction of sp³-hybridized carbons (Fsp3) is 0.391. The maximum absolute atomic E-state index is 13.8. The number of β-amino-alcohol motifs (C(OH)–C–C–N with tert-alkyl or cyclic N) is 1. The van der Waals surface area contributed by atoms with Crippen LogP contribution in [0.1, 0.15) is 62.3 Å². The van der Waals surface area contributed by atoms with Crippen LogP contribution in [0.15, 0.2) is 76.3 Å². The Morgan fingerprint density at radius 1 is 0.966 bits per heavy atom. The molecule has 0 amide bonds. The van der Waals surface area contributed by atoms with Gasteiger partial charge in [0, 0.05) is 68.0 Å². The van der Waals surface area contributed by atoms with Gasteiger partial charge >= 0.3 is 5.97 Å². The lowest BCUT2D eigenvalue weighted by molar-refractivity contribution is -0.161. The highest BCUT2D eigenvalue weighted by molar-refractivity contribution is 5.91. The molecule has 0 bridgehead atoms. The zero-order valence-corrected chi connectivity index (χ0v) is 34.3. The number of anilines is 2. The molecule has 6 heterocycles. The number of aliphatic hydroxyl groups is 1. The molecule has 4 aromatic heterocycles. The van der Waals surface area contributed by atoms with Crippen LogP contribution in [0.2, 0.25) is 0 Å². The highest BCUT2D eigenvalue weighted by Gasteiger charge is 2.29. The first-order valence-corrected chi connectivity index (χ1v) is 20.4. The summed E-state index contributed by atoms with van der Waals surface area (Å²) >= 11 is 0. The summed E-state index contributed by atoms with van der Waals surface area (Å²) in [6, 6.07) is 18.3. The molecule has 6 aromatic rings. The van der Waals surface area contributed by atoms with Crippen LogP contribution in [-0.2, 0) is 22.6 Å². The molecular weight excluding hydrogens is 745 g/mol. The number of nitrogens with one attached hydrogen (secondary N) is 1. The smallest absolute Gasteiger partial charge is 0.309 e. The summed E-state index contributed by atoms with van der Waals surface area (Å²) in [6.07, 6.45) is 7.16. The first-order chi connectivity index (χ1) is 28.3. The van der Waals surface area contributed by atoms with Gasteiger partial charge in [-0.05, 0) is 119 Å². The van der Waals surface area contributed by atoms with Gasteiger partial charge in [-0.1, -0.05) is 24.3 Å². The lowest BCUT2D eigenvalue weighted by Crippen LogP contribution is -2.40. The molecule has 59 heavy (non-hydrogen) atoms.